The number of aryl methyl sites for hydroxylation is 1. The number of hydrogen-bond donors (Lipinski definition) is 2. The van der Waals surface area contributed by atoms with Gasteiger partial charge in [0.25, 0.3) is 0 Å². The van der Waals surface area contributed by atoms with E-state index in [0.29, 0.717) is 19.1 Å². The smallest absolute Gasteiger partial charge is 0.0945 e. The van der Waals surface area contributed by atoms with Crippen molar-refractivity contribution in [1.82, 2.24) is 0 Å². The topological polar surface area (TPSA) is 41.5 Å². The van der Waals surface area contributed by atoms with Crippen LogP contribution in [0.15, 0.2) is 24.3 Å². The summed E-state index contributed by atoms with van der Waals surface area (Å²) in [4.78, 5) is 0. The van der Waals surface area contributed by atoms with Gasteiger partial charge in [0.15, 0.2) is 0 Å². The van der Waals surface area contributed by atoms with Gasteiger partial charge in [-0.05, 0) is 37.8 Å². The van der Waals surface area contributed by atoms with Crippen LogP contribution in [0.4, 0.5) is 5.69 Å². The number of nitrogens with one attached hydrogen (secondary N) is 1. The van der Waals surface area contributed by atoms with Crippen LogP contribution in [0.1, 0.15) is 32.8 Å². The number of benzene rings is 1. The molecule has 3 heteroatoms. The van der Waals surface area contributed by atoms with E-state index in [1.165, 1.54) is 5.56 Å². The number of hydrogen-bond acceptors (Lipinski definition) is 3. The standard InChI is InChI=1S/C16H27NO2/c1-12(2)9-14(4)19-11-15(18)10-17-16-8-6-5-7-13(16)3/h5-8,12,14-15,17-18H,9-11H2,1-4H3. The minimum absolute atomic E-state index is 0.202. The maximum atomic E-state index is 9.90. The molecule has 0 spiro atoms. The van der Waals surface area contributed by atoms with Crippen molar-refractivity contribution < 1.29 is 9.84 Å². The number of anilines is 1. The van der Waals surface area contributed by atoms with Crippen molar-refractivity contribution in [1.29, 1.82) is 0 Å². The van der Waals surface area contributed by atoms with Gasteiger partial charge in [-0.2, -0.15) is 0 Å². The molecule has 0 heterocycles. The van der Waals surface area contributed by atoms with Gasteiger partial charge in [0.05, 0.1) is 18.8 Å². The Labute approximate surface area is 117 Å². The van der Waals surface area contributed by atoms with Gasteiger partial charge in [0.2, 0.25) is 0 Å². The number of aliphatic hydroxyl groups is 1. The quantitative estimate of drug-likeness (QED) is 0.758. The maximum absolute atomic E-state index is 9.90. The summed E-state index contributed by atoms with van der Waals surface area (Å²) in [5.41, 5.74) is 2.25. The number of para-hydroxylation sites is 1. The van der Waals surface area contributed by atoms with Gasteiger partial charge >= 0.3 is 0 Å². The summed E-state index contributed by atoms with van der Waals surface area (Å²) in [6.07, 6.45) is 0.750. The lowest BCUT2D eigenvalue weighted by molar-refractivity contribution is -0.00444. The lowest BCUT2D eigenvalue weighted by Crippen LogP contribution is -2.27. The zero-order valence-electron chi connectivity index (χ0n) is 12.5. The molecule has 0 amide bonds. The average Bonchev–Trinajstić information content (AvgIpc) is 2.34. The van der Waals surface area contributed by atoms with Crippen LogP contribution in [0, 0.1) is 12.8 Å². The first-order chi connectivity index (χ1) is 8.99. The molecule has 3 nitrogen and oxygen atoms in total. The Kier molecular flexibility index (Phi) is 6.89. The second kappa shape index (κ2) is 8.18. The summed E-state index contributed by atoms with van der Waals surface area (Å²) >= 11 is 0. The summed E-state index contributed by atoms with van der Waals surface area (Å²) in [5.74, 6) is 0.622. The van der Waals surface area contributed by atoms with Crippen LogP contribution in [0.25, 0.3) is 0 Å². The SMILES string of the molecule is Cc1ccccc1NCC(O)COC(C)CC(C)C. The van der Waals surface area contributed by atoms with E-state index in [1.54, 1.807) is 0 Å². The number of aliphatic hydroxyl groups excluding tert-OH is 1. The summed E-state index contributed by atoms with van der Waals surface area (Å²) in [5, 5.41) is 13.1. The molecule has 1 aromatic carbocycles. The Hall–Kier alpha value is -1.06. The predicted molar refractivity (Wildman–Crippen MR) is 80.5 cm³/mol. The van der Waals surface area contributed by atoms with Crippen molar-refractivity contribution in [3.63, 3.8) is 0 Å². The van der Waals surface area contributed by atoms with E-state index < -0.39 is 6.10 Å². The molecule has 2 unspecified atom stereocenters. The normalized spacial score (nSPS) is 14.4. The second-order valence-electron chi connectivity index (χ2n) is 5.62. The van der Waals surface area contributed by atoms with E-state index >= 15 is 0 Å². The molecule has 108 valence electrons. The molecule has 0 fully saturated rings. The molecule has 2 N–H and O–H groups in total. The second-order valence-corrected chi connectivity index (χ2v) is 5.62. The van der Waals surface area contributed by atoms with Gasteiger partial charge in [-0.25, -0.2) is 0 Å². The summed E-state index contributed by atoms with van der Waals surface area (Å²) in [7, 11) is 0. The molecule has 2 atom stereocenters. The van der Waals surface area contributed by atoms with Gasteiger partial charge in [-0.15, -0.1) is 0 Å². The lowest BCUT2D eigenvalue weighted by atomic mass is 10.1. The Bertz CT molecular complexity index is 366. The molecule has 0 radical (unpaired) electrons. The molecule has 1 aromatic rings. The van der Waals surface area contributed by atoms with E-state index in [9.17, 15) is 5.11 Å². The van der Waals surface area contributed by atoms with Crippen molar-refractivity contribution in [2.45, 2.75) is 46.3 Å². The molecule has 0 aromatic heterocycles. The molecule has 0 saturated heterocycles. The third-order valence-electron chi connectivity index (χ3n) is 3.05. The monoisotopic (exact) mass is 265 g/mol. The van der Waals surface area contributed by atoms with Crippen LogP contribution in [-0.4, -0.2) is 30.5 Å². The molecular weight excluding hydrogens is 238 g/mol. The minimum atomic E-state index is -0.478. The molecule has 0 saturated carbocycles. The van der Waals surface area contributed by atoms with E-state index in [2.05, 4.69) is 39.1 Å². The highest BCUT2D eigenvalue weighted by Gasteiger charge is 2.09. The Balaban J connectivity index is 2.25. The first-order valence-electron chi connectivity index (χ1n) is 7.08. The molecule has 19 heavy (non-hydrogen) atoms. The van der Waals surface area contributed by atoms with Crippen molar-refractivity contribution in [2.24, 2.45) is 5.92 Å². The maximum Gasteiger partial charge on any atom is 0.0945 e. The molecule has 0 aliphatic carbocycles. The van der Waals surface area contributed by atoms with E-state index in [0.717, 1.165) is 12.1 Å². The van der Waals surface area contributed by atoms with Crippen LogP contribution < -0.4 is 5.32 Å². The van der Waals surface area contributed by atoms with Gasteiger partial charge in [0.1, 0.15) is 0 Å². The zero-order valence-corrected chi connectivity index (χ0v) is 12.5. The Morgan fingerprint density at radius 3 is 2.53 bits per heavy atom. The van der Waals surface area contributed by atoms with Crippen LogP contribution in [0.3, 0.4) is 0 Å². The summed E-state index contributed by atoms with van der Waals surface area (Å²) < 4.78 is 5.64. The van der Waals surface area contributed by atoms with Crippen LogP contribution in [-0.2, 0) is 4.74 Å². The van der Waals surface area contributed by atoms with E-state index in [4.69, 9.17) is 4.74 Å². The first-order valence-corrected chi connectivity index (χ1v) is 7.08. The molecule has 0 aliphatic rings. The van der Waals surface area contributed by atoms with Crippen molar-refractivity contribution in [3.05, 3.63) is 29.8 Å². The van der Waals surface area contributed by atoms with Crippen molar-refractivity contribution >= 4 is 5.69 Å². The average molecular weight is 265 g/mol. The predicted octanol–water partition coefficient (Wildman–Crippen LogP) is 3.22. The number of rotatable bonds is 8. The molecule has 1 rings (SSSR count). The van der Waals surface area contributed by atoms with Crippen LogP contribution in [0.2, 0.25) is 0 Å². The van der Waals surface area contributed by atoms with Gasteiger partial charge in [0, 0.05) is 12.2 Å². The molecular formula is C16H27NO2. The molecule has 0 aliphatic heterocycles. The summed E-state index contributed by atoms with van der Waals surface area (Å²) in [6, 6.07) is 8.07. The minimum Gasteiger partial charge on any atom is -0.389 e. The Morgan fingerprint density at radius 2 is 1.89 bits per heavy atom. The summed E-state index contributed by atoms with van der Waals surface area (Å²) in [6.45, 7) is 9.36. The fourth-order valence-corrected chi connectivity index (χ4v) is 2.07. The van der Waals surface area contributed by atoms with Crippen LogP contribution in [0.5, 0.6) is 0 Å². The largest absolute Gasteiger partial charge is 0.389 e. The molecule has 0 bridgehead atoms. The highest BCUT2D eigenvalue weighted by molar-refractivity contribution is 5.50. The van der Waals surface area contributed by atoms with Crippen molar-refractivity contribution in [2.75, 3.05) is 18.5 Å². The van der Waals surface area contributed by atoms with Gasteiger partial charge in [-0.3, -0.25) is 0 Å². The fraction of sp³-hybridized carbons (Fsp3) is 0.625. The van der Waals surface area contributed by atoms with Gasteiger partial charge < -0.3 is 15.2 Å². The van der Waals surface area contributed by atoms with Crippen LogP contribution >= 0.6 is 0 Å². The highest BCUT2D eigenvalue weighted by Crippen LogP contribution is 2.13. The highest BCUT2D eigenvalue weighted by atomic mass is 16.5. The number of ether oxygens (including phenoxy) is 1. The zero-order chi connectivity index (χ0) is 14.3. The lowest BCUT2D eigenvalue weighted by Gasteiger charge is -2.19. The fourth-order valence-electron chi connectivity index (χ4n) is 2.07. The van der Waals surface area contributed by atoms with E-state index in [-0.39, 0.29) is 6.10 Å². The first kappa shape index (κ1) is 16.0. The van der Waals surface area contributed by atoms with Gasteiger partial charge in [-0.1, -0.05) is 32.0 Å². The third-order valence-corrected chi connectivity index (χ3v) is 3.05. The van der Waals surface area contributed by atoms with E-state index in [1.807, 2.05) is 18.2 Å². The third kappa shape index (κ3) is 6.60. The Morgan fingerprint density at radius 1 is 1.21 bits per heavy atom. The van der Waals surface area contributed by atoms with Crippen molar-refractivity contribution in [3.8, 4) is 0 Å².